The second-order valence-electron chi connectivity index (χ2n) is 6.31. The van der Waals surface area contributed by atoms with E-state index in [-0.39, 0.29) is 17.1 Å². The first-order chi connectivity index (χ1) is 14.3. The molecule has 0 saturated heterocycles. The van der Waals surface area contributed by atoms with Gasteiger partial charge in [-0.05, 0) is 67.1 Å². The molecule has 0 aliphatic heterocycles. The Morgan fingerprint density at radius 2 is 1.47 bits per heavy atom. The van der Waals surface area contributed by atoms with E-state index in [2.05, 4.69) is 4.74 Å². The van der Waals surface area contributed by atoms with Crippen LogP contribution < -0.4 is 14.4 Å². The van der Waals surface area contributed by atoms with Crippen molar-refractivity contribution >= 4 is 24.8 Å². The molecule has 1 unspecified atom stereocenters. The van der Waals surface area contributed by atoms with Crippen LogP contribution in [0.3, 0.4) is 0 Å². The molecule has 0 radical (unpaired) electrons. The molecule has 1 N–H and O–H groups in total. The zero-order valence-corrected chi connectivity index (χ0v) is 17.2. The van der Waals surface area contributed by atoms with E-state index in [9.17, 15) is 19.3 Å². The monoisotopic (exact) mass is 426 g/mol. The van der Waals surface area contributed by atoms with Gasteiger partial charge in [-0.3, -0.25) is 0 Å². The SMILES string of the molecule is COC(=O)c1ccc(OP(=O)(Oc2ccc(C(=O)O)c(C)c2)c2ccccc2)cc1. The van der Waals surface area contributed by atoms with Crippen LogP contribution in [0, 0.1) is 6.92 Å². The lowest BCUT2D eigenvalue weighted by atomic mass is 10.1. The summed E-state index contributed by atoms with van der Waals surface area (Å²) in [4.78, 5) is 22.8. The summed E-state index contributed by atoms with van der Waals surface area (Å²) in [6.07, 6.45) is 0. The van der Waals surface area contributed by atoms with Crippen molar-refractivity contribution in [3.8, 4) is 11.5 Å². The average Bonchev–Trinajstić information content (AvgIpc) is 2.74. The molecule has 7 nitrogen and oxygen atoms in total. The number of benzene rings is 3. The summed E-state index contributed by atoms with van der Waals surface area (Å²) in [5.74, 6) is -1.13. The molecule has 30 heavy (non-hydrogen) atoms. The van der Waals surface area contributed by atoms with Crippen LogP contribution in [0.25, 0.3) is 0 Å². The number of carboxylic acids is 1. The molecule has 0 saturated carbocycles. The molecule has 0 heterocycles. The van der Waals surface area contributed by atoms with Crippen molar-refractivity contribution in [3.63, 3.8) is 0 Å². The van der Waals surface area contributed by atoms with Crippen molar-refractivity contribution in [2.45, 2.75) is 6.92 Å². The van der Waals surface area contributed by atoms with Gasteiger partial charge in [-0.25, -0.2) is 14.2 Å². The first-order valence-corrected chi connectivity index (χ1v) is 10.4. The summed E-state index contributed by atoms with van der Waals surface area (Å²) in [6, 6.07) is 18.7. The van der Waals surface area contributed by atoms with Gasteiger partial charge in [0.1, 0.15) is 11.5 Å². The molecule has 0 fully saturated rings. The average molecular weight is 426 g/mol. The van der Waals surface area contributed by atoms with Crippen molar-refractivity contribution in [1.29, 1.82) is 0 Å². The number of hydrogen-bond acceptors (Lipinski definition) is 6. The Bertz CT molecular complexity index is 1110. The van der Waals surface area contributed by atoms with Gasteiger partial charge in [0.05, 0.1) is 23.5 Å². The third-order valence-electron chi connectivity index (χ3n) is 4.23. The molecule has 0 amide bonds. The summed E-state index contributed by atoms with van der Waals surface area (Å²) >= 11 is 0. The maximum atomic E-state index is 13.7. The van der Waals surface area contributed by atoms with E-state index < -0.39 is 19.5 Å². The Hall–Kier alpha value is -3.57. The molecule has 0 bridgehead atoms. The van der Waals surface area contributed by atoms with E-state index in [1.807, 2.05) is 0 Å². The number of hydrogen-bond donors (Lipinski definition) is 1. The van der Waals surface area contributed by atoms with E-state index >= 15 is 0 Å². The van der Waals surface area contributed by atoms with Crippen LogP contribution in [-0.2, 0) is 9.30 Å². The number of carbonyl (C=O) groups is 2. The number of rotatable bonds is 7. The summed E-state index contributed by atoms with van der Waals surface area (Å²) in [6.45, 7) is 1.62. The number of aromatic carboxylic acids is 1. The summed E-state index contributed by atoms with van der Waals surface area (Å²) in [5.41, 5.74) is 0.901. The quantitative estimate of drug-likeness (QED) is 0.440. The van der Waals surface area contributed by atoms with Crippen LogP contribution in [0.2, 0.25) is 0 Å². The molecule has 154 valence electrons. The molecule has 3 rings (SSSR count). The molecular weight excluding hydrogens is 407 g/mol. The third kappa shape index (κ3) is 4.70. The standard InChI is InChI=1S/C22H19O7P/c1-15-14-18(12-13-20(15)21(23)24)29-30(26,19-6-4-3-5-7-19)28-17-10-8-16(9-11-17)22(25)27-2/h3-14H,1-2H3,(H,23,24). The highest BCUT2D eigenvalue weighted by Gasteiger charge is 2.31. The van der Waals surface area contributed by atoms with Crippen LogP contribution in [-0.4, -0.2) is 24.2 Å². The van der Waals surface area contributed by atoms with E-state index in [1.165, 1.54) is 49.6 Å². The van der Waals surface area contributed by atoms with Gasteiger partial charge >= 0.3 is 19.5 Å². The molecule has 0 aromatic heterocycles. The van der Waals surface area contributed by atoms with Gasteiger partial charge < -0.3 is 18.9 Å². The van der Waals surface area contributed by atoms with E-state index in [0.717, 1.165) is 0 Å². The molecule has 0 aliphatic carbocycles. The molecule has 0 spiro atoms. The second kappa shape index (κ2) is 8.84. The fourth-order valence-electron chi connectivity index (χ4n) is 2.71. The van der Waals surface area contributed by atoms with Crippen molar-refractivity contribution in [3.05, 3.63) is 89.5 Å². The highest BCUT2D eigenvalue weighted by atomic mass is 31.2. The van der Waals surface area contributed by atoms with Crippen LogP contribution >= 0.6 is 7.60 Å². The second-order valence-corrected chi connectivity index (χ2v) is 8.19. The Kier molecular flexibility index (Phi) is 6.23. The Morgan fingerprint density at radius 3 is 2.03 bits per heavy atom. The van der Waals surface area contributed by atoms with Crippen LogP contribution in [0.4, 0.5) is 0 Å². The minimum absolute atomic E-state index is 0.121. The molecule has 1 atom stereocenters. The highest BCUT2D eigenvalue weighted by molar-refractivity contribution is 7.63. The van der Waals surface area contributed by atoms with E-state index in [0.29, 0.717) is 16.4 Å². The fraction of sp³-hybridized carbons (Fsp3) is 0.0909. The molecule has 3 aromatic rings. The van der Waals surface area contributed by atoms with E-state index in [4.69, 9.17) is 9.05 Å². The van der Waals surface area contributed by atoms with Crippen molar-refractivity contribution in [2.75, 3.05) is 7.11 Å². The van der Waals surface area contributed by atoms with Gasteiger partial charge in [0.2, 0.25) is 0 Å². The predicted octanol–water partition coefficient (Wildman–Crippen LogP) is 4.46. The van der Waals surface area contributed by atoms with Crippen molar-refractivity contribution in [2.24, 2.45) is 0 Å². The van der Waals surface area contributed by atoms with Crippen molar-refractivity contribution < 1.29 is 33.0 Å². The molecular formula is C22H19O7P. The zero-order chi connectivity index (χ0) is 21.7. The molecule has 3 aromatic carbocycles. The normalized spacial score (nSPS) is 12.5. The van der Waals surface area contributed by atoms with Gasteiger partial charge in [0, 0.05) is 0 Å². The van der Waals surface area contributed by atoms with Crippen LogP contribution in [0.1, 0.15) is 26.3 Å². The lowest BCUT2D eigenvalue weighted by Gasteiger charge is -2.20. The predicted molar refractivity (Wildman–Crippen MR) is 111 cm³/mol. The van der Waals surface area contributed by atoms with Crippen LogP contribution in [0.5, 0.6) is 11.5 Å². The number of ether oxygens (including phenoxy) is 1. The maximum absolute atomic E-state index is 13.7. The molecule has 0 aliphatic rings. The van der Waals surface area contributed by atoms with Gasteiger partial charge in [-0.1, -0.05) is 18.2 Å². The third-order valence-corrected chi connectivity index (χ3v) is 6.06. The highest BCUT2D eigenvalue weighted by Crippen LogP contribution is 2.47. The van der Waals surface area contributed by atoms with Gasteiger partial charge in [-0.15, -0.1) is 0 Å². The van der Waals surface area contributed by atoms with Gasteiger partial charge in [0.15, 0.2) is 0 Å². The summed E-state index contributed by atoms with van der Waals surface area (Å²) in [7, 11) is -2.60. The first kappa shape index (κ1) is 21.1. The number of esters is 1. The lowest BCUT2D eigenvalue weighted by molar-refractivity contribution is 0.0599. The smallest absolute Gasteiger partial charge is 0.462 e. The molecule has 8 heteroatoms. The topological polar surface area (TPSA) is 99.1 Å². The number of methoxy groups -OCH3 is 1. The Balaban J connectivity index is 1.94. The number of carbonyl (C=O) groups excluding carboxylic acids is 1. The minimum atomic E-state index is -3.88. The van der Waals surface area contributed by atoms with E-state index in [1.54, 1.807) is 37.3 Å². The summed E-state index contributed by atoms with van der Waals surface area (Å²) < 4.78 is 29.9. The maximum Gasteiger partial charge on any atom is 0.462 e. The van der Waals surface area contributed by atoms with Gasteiger partial charge in [0.25, 0.3) is 0 Å². The number of carboxylic acid groups (broad SMARTS) is 1. The zero-order valence-electron chi connectivity index (χ0n) is 16.3. The van der Waals surface area contributed by atoms with Crippen molar-refractivity contribution in [1.82, 2.24) is 0 Å². The lowest BCUT2D eigenvalue weighted by Crippen LogP contribution is -2.14. The summed E-state index contributed by atoms with van der Waals surface area (Å²) in [5, 5.41) is 9.51. The fourth-order valence-corrected chi connectivity index (χ4v) is 4.29. The van der Waals surface area contributed by atoms with Crippen LogP contribution in [0.15, 0.2) is 72.8 Å². The Morgan fingerprint density at radius 1 is 0.867 bits per heavy atom. The van der Waals surface area contributed by atoms with Gasteiger partial charge in [-0.2, -0.15) is 0 Å². The Labute approximate surface area is 173 Å². The first-order valence-electron chi connectivity index (χ1n) is 8.89. The largest absolute Gasteiger partial charge is 0.478 e. The number of aryl methyl sites for hydroxylation is 1. The minimum Gasteiger partial charge on any atom is -0.478 e.